The zero-order valence-electron chi connectivity index (χ0n) is 10.2. The Morgan fingerprint density at radius 3 is 2.95 bits per heavy atom. The average Bonchev–Trinajstić information content (AvgIpc) is 2.76. The molecule has 19 heavy (non-hydrogen) atoms. The second kappa shape index (κ2) is 7.75. The van der Waals surface area contributed by atoms with E-state index in [1.807, 2.05) is 6.07 Å². The monoisotopic (exact) mass is 266 g/mol. The van der Waals surface area contributed by atoms with Crippen molar-refractivity contribution in [3.05, 3.63) is 5.82 Å². The molecule has 0 unspecified atom stereocenters. The molecule has 9 nitrogen and oxygen atoms in total. The number of hydrogen-bond acceptors (Lipinski definition) is 6. The standard InChI is InChI=1S/C10H14N6O3/c11-4-1-2-6-16-8(13-14-15-16)7-9(17)12-5-3-10(18)19/h1-3,5-7H2,(H,12,17)(H,18,19). The average molecular weight is 266 g/mol. The van der Waals surface area contributed by atoms with Crippen molar-refractivity contribution in [1.82, 2.24) is 25.5 Å². The molecule has 0 aliphatic rings. The molecule has 1 aromatic rings. The zero-order chi connectivity index (χ0) is 14.1. The number of nitrogens with one attached hydrogen (secondary N) is 1. The molecule has 9 heteroatoms. The van der Waals surface area contributed by atoms with Crippen LogP contribution in [-0.4, -0.2) is 43.7 Å². The maximum Gasteiger partial charge on any atom is 0.305 e. The van der Waals surface area contributed by atoms with Crippen molar-refractivity contribution < 1.29 is 14.7 Å². The first-order chi connectivity index (χ1) is 9.13. The summed E-state index contributed by atoms with van der Waals surface area (Å²) in [5.41, 5.74) is 0. The van der Waals surface area contributed by atoms with Crippen molar-refractivity contribution in [2.24, 2.45) is 0 Å². The van der Waals surface area contributed by atoms with E-state index in [2.05, 4.69) is 20.8 Å². The molecule has 0 saturated heterocycles. The van der Waals surface area contributed by atoms with Gasteiger partial charge in [-0.05, 0) is 16.8 Å². The fourth-order valence-corrected chi connectivity index (χ4v) is 1.35. The van der Waals surface area contributed by atoms with Gasteiger partial charge in [0.2, 0.25) is 5.91 Å². The molecule has 0 radical (unpaired) electrons. The van der Waals surface area contributed by atoms with Gasteiger partial charge in [-0.1, -0.05) is 0 Å². The normalized spacial score (nSPS) is 9.84. The number of hydrogen-bond donors (Lipinski definition) is 2. The van der Waals surface area contributed by atoms with Gasteiger partial charge in [0, 0.05) is 19.5 Å². The fourth-order valence-electron chi connectivity index (χ4n) is 1.35. The van der Waals surface area contributed by atoms with E-state index in [1.54, 1.807) is 0 Å². The van der Waals surface area contributed by atoms with Gasteiger partial charge in [0.15, 0.2) is 5.82 Å². The molecule has 0 saturated carbocycles. The summed E-state index contributed by atoms with van der Waals surface area (Å²) in [6, 6.07) is 2.01. The summed E-state index contributed by atoms with van der Waals surface area (Å²) >= 11 is 0. The molecule has 102 valence electrons. The van der Waals surface area contributed by atoms with Gasteiger partial charge in [0.1, 0.15) is 0 Å². The Kier molecular flexibility index (Phi) is 5.94. The SMILES string of the molecule is N#CCCCn1nnnc1CC(=O)NCCC(=O)O. The highest BCUT2D eigenvalue weighted by Crippen LogP contribution is 1.98. The lowest BCUT2D eigenvalue weighted by atomic mass is 10.3. The third kappa shape index (κ3) is 5.58. The number of nitriles is 1. The second-order valence-corrected chi connectivity index (χ2v) is 3.75. The van der Waals surface area contributed by atoms with Crippen LogP contribution in [0.25, 0.3) is 0 Å². The Bertz CT molecular complexity index is 478. The first kappa shape index (κ1) is 14.6. The van der Waals surface area contributed by atoms with Crippen LogP contribution in [0.2, 0.25) is 0 Å². The Morgan fingerprint density at radius 1 is 1.47 bits per heavy atom. The highest BCUT2D eigenvalue weighted by atomic mass is 16.4. The lowest BCUT2D eigenvalue weighted by molar-refractivity contribution is -0.136. The van der Waals surface area contributed by atoms with Gasteiger partial charge < -0.3 is 10.4 Å². The summed E-state index contributed by atoms with van der Waals surface area (Å²) in [7, 11) is 0. The third-order valence-corrected chi connectivity index (χ3v) is 2.24. The number of amides is 1. The smallest absolute Gasteiger partial charge is 0.305 e. The number of carboxylic acid groups (broad SMARTS) is 1. The predicted molar refractivity (Wildman–Crippen MR) is 61.6 cm³/mol. The number of carbonyl (C=O) groups excluding carboxylic acids is 1. The molecule has 0 bridgehead atoms. The van der Waals surface area contributed by atoms with Crippen molar-refractivity contribution in [3.63, 3.8) is 0 Å². The van der Waals surface area contributed by atoms with Crippen LogP contribution in [0, 0.1) is 11.3 Å². The zero-order valence-corrected chi connectivity index (χ0v) is 10.2. The first-order valence-electron chi connectivity index (χ1n) is 5.74. The van der Waals surface area contributed by atoms with Gasteiger partial charge >= 0.3 is 5.97 Å². The number of aliphatic carboxylic acids is 1. The summed E-state index contributed by atoms with van der Waals surface area (Å²) in [6.45, 7) is 0.544. The van der Waals surface area contributed by atoms with Gasteiger partial charge in [-0.15, -0.1) is 5.10 Å². The van der Waals surface area contributed by atoms with Crippen molar-refractivity contribution >= 4 is 11.9 Å². The van der Waals surface area contributed by atoms with Crippen LogP contribution in [0.3, 0.4) is 0 Å². The summed E-state index contributed by atoms with van der Waals surface area (Å²) in [4.78, 5) is 21.8. The molecular formula is C10H14N6O3. The molecule has 1 amide bonds. The van der Waals surface area contributed by atoms with Crippen LogP contribution < -0.4 is 5.32 Å². The Balaban J connectivity index is 2.39. The van der Waals surface area contributed by atoms with Gasteiger partial charge in [0.25, 0.3) is 0 Å². The number of rotatable bonds is 8. The van der Waals surface area contributed by atoms with E-state index in [0.717, 1.165) is 0 Å². The quantitative estimate of drug-likeness (QED) is 0.583. The van der Waals surface area contributed by atoms with Crippen molar-refractivity contribution in [1.29, 1.82) is 5.26 Å². The van der Waals surface area contributed by atoms with Crippen LogP contribution in [0.1, 0.15) is 25.1 Å². The largest absolute Gasteiger partial charge is 0.481 e. The van der Waals surface area contributed by atoms with Crippen LogP contribution in [0.5, 0.6) is 0 Å². The Hall–Kier alpha value is -2.50. The minimum Gasteiger partial charge on any atom is -0.481 e. The molecule has 1 rings (SSSR count). The van der Waals surface area contributed by atoms with Crippen LogP contribution in [-0.2, 0) is 22.6 Å². The maximum absolute atomic E-state index is 11.5. The van der Waals surface area contributed by atoms with Gasteiger partial charge in [-0.3, -0.25) is 9.59 Å². The van der Waals surface area contributed by atoms with E-state index in [9.17, 15) is 9.59 Å². The maximum atomic E-state index is 11.5. The number of carbonyl (C=O) groups is 2. The first-order valence-corrected chi connectivity index (χ1v) is 5.74. The molecule has 0 aromatic carbocycles. The van der Waals surface area contributed by atoms with Crippen LogP contribution in [0.15, 0.2) is 0 Å². The summed E-state index contributed by atoms with van der Waals surface area (Å²) in [5, 5.41) is 30.2. The van der Waals surface area contributed by atoms with E-state index in [-0.39, 0.29) is 25.3 Å². The highest BCUT2D eigenvalue weighted by Gasteiger charge is 2.11. The lowest BCUT2D eigenvalue weighted by Crippen LogP contribution is -2.28. The summed E-state index contributed by atoms with van der Waals surface area (Å²) in [5.74, 6) is -0.912. The lowest BCUT2D eigenvalue weighted by Gasteiger charge is -2.04. The minimum absolute atomic E-state index is 0.0147. The molecule has 1 heterocycles. The van der Waals surface area contributed by atoms with Gasteiger partial charge in [0.05, 0.1) is 18.9 Å². The van der Waals surface area contributed by atoms with E-state index >= 15 is 0 Å². The van der Waals surface area contributed by atoms with Gasteiger partial charge in [-0.2, -0.15) is 5.26 Å². The predicted octanol–water partition coefficient (Wildman–Crippen LogP) is -0.890. The van der Waals surface area contributed by atoms with E-state index in [1.165, 1.54) is 4.68 Å². The molecule has 2 N–H and O–H groups in total. The Labute approximate surface area is 109 Å². The number of nitrogens with zero attached hydrogens (tertiary/aromatic N) is 5. The second-order valence-electron chi connectivity index (χ2n) is 3.75. The topological polar surface area (TPSA) is 134 Å². The molecule has 0 aliphatic heterocycles. The highest BCUT2D eigenvalue weighted by molar-refractivity contribution is 5.78. The number of tetrazole rings is 1. The van der Waals surface area contributed by atoms with Crippen molar-refractivity contribution in [3.8, 4) is 6.07 Å². The molecule has 0 fully saturated rings. The van der Waals surface area contributed by atoms with Crippen molar-refractivity contribution in [2.75, 3.05) is 6.54 Å². The molecule has 0 aliphatic carbocycles. The van der Waals surface area contributed by atoms with Crippen molar-refractivity contribution in [2.45, 2.75) is 32.2 Å². The number of carboxylic acids is 1. The molecule has 0 atom stereocenters. The molecule has 0 spiro atoms. The number of aromatic nitrogens is 4. The van der Waals surface area contributed by atoms with E-state index in [4.69, 9.17) is 10.4 Å². The summed E-state index contributed by atoms with van der Waals surface area (Å²) in [6.07, 6.45) is 0.858. The fraction of sp³-hybridized carbons (Fsp3) is 0.600. The van der Waals surface area contributed by atoms with E-state index in [0.29, 0.717) is 25.2 Å². The third-order valence-electron chi connectivity index (χ3n) is 2.24. The van der Waals surface area contributed by atoms with Crippen LogP contribution >= 0.6 is 0 Å². The molecular weight excluding hydrogens is 252 g/mol. The van der Waals surface area contributed by atoms with Gasteiger partial charge in [-0.25, -0.2) is 4.68 Å². The number of unbranched alkanes of at least 4 members (excludes halogenated alkanes) is 1. The summed E-state index contributed by atoms with van der Waals surface area (Å²) < 4.78 is 1.47. The van der Waals surface area contributed by atoms with E-state index < -0.39 is 5.97 Å². The number of aryl methyl sites for hydroxylation is 1. The molecule has 1 aromatic heterocycles. The van der Waals surface area contributed by atoms with Crippen LogP contribution in [0.4, 0.5) is 0 Å². The minimum atomic E-state index is -0.971. The Morgan fingerprint density at radius 2 is 2.26 bits per heavy atom.